The maximum Gasteiger partial charge on any atom is 0.156 e. The van der Waals surface area contributed by atoms with Crippen LogP contribution in [0.1, 0.15) is 32.6 Å². The van der Waals surface area contributed by atoms with E-state index in [0.29, 0.717) is 11.1 Å². The van der Waals surface area contributed by atoms with Crippen LogP contribution in [0.2, 0.25) is 5.02 Å². The summed E-state index contributed by atoms with van der Waals surface area (Å²) >= 11 is 9.67. The predicted molar refractivity (Wildman–Crippen MR) is 93.7 cm³/mol. The predicted octanol–water partition coefficient (Wildman–Crippen LogP) is 4.79. The summed E-state index contributed by atoms with van der Waals surface area (Å²) in [6.45, 7) is 5.83. The van der Waals surface area contributed by atoms with Crippen LogP contribution in [0.5, 0.6) is 5.75 Å². The van der Waals surface area contributed by atoms with Crippen molar-refractivity contribution >= 4 is 33.2 Å². The van der Waals surface area contributed by atoms with Gasteiger partial charge in [0.05, 0.1) is 17.3 Å². The molecule has 0 aliphatic carbocycles. The molecule has 118 valence electrons. The summed E-state index contributed by atoms with van der Waals surface area (Å²) in [5.74, 6) is 0.828. The molecular weight excluding hydrogens is 352 g/mol. The molecule has 0 aromatic heterocycles. The summed E-state index contributed by atoms with van der Waals surface area (Å²) < 4.78 is 6.38. The fraction of sp³-hybridized carbons (Fsp3) is 0.625. The molecule has 1 heterocycles. The minimum Gasteiger partial charge on any atom is -0.493 e. The first kappa shape index (κ1) is 16.9. The molecule has 1 aromatic carbocycles. The zero-order valence-corrected chi connectivity index (χ0v) is 15.1. The van der Waals surface area contributed by atoms with Crippen molar-refractivity contribution in [3.05, 3.63) is 21.6 Å². The zero-order chi connectivity index (χ0) is 15.2. The maximum absolute atomic E-state index is 6.16. The molecule has 1 aliphatic rings. The smallest absolute Gasteiger partial charge is 0.156 e. The van der Waals surface area contributed by atoms with E-state index in [-0.39, 0.29) is 0 Å². The molecular formula is C16H24BrClN2O. The van der Waals surface area contributed by atoms with Crippen LogP contribution in [-0.4, -0.2) is 37.7 Å². The Balaban J connectivity index is 2.04. The van der Waals surface area contributed by atoms with E-state index in [1.54, 1.807) is 7.11 Å². The van der Waals surface area contributed by atoms with E-state index in [0.717, 1.165) is 28.9 Å². The summed E-state index contributed by atoms with van der Waals surface area (Å²) in [5, 5.41) is 4.33. The van der Waals surface area contributed by atoms with Gasteiger partial charge in [0.1, 0.15) is 0 Å². The van der Waals surface area contributed by atoms with Crippen molar-refractivity contribution in [3.63, 3.8) is 0 Å². The van der Waals surface area contributed by atoms with E-state index in [1.165, 1.54) is 32.4 Å². The Morgan fingerprint density at radius 3 is 2.90 bits per heavy atom. The number of rotatable bonds is 5. The van der Waals surface area contributed by atoms with Crippen LogP contribution in [0.3, 0.4) is 0 Å². The molecule has 5 heteroatoms. The number of nitrogens with one attached hydrogen (secondary N) is 1. The van der Waals surface area contributed by atoms with Crippen LogP contribution >= 0.6 is 27.5 Å². The Hall–Kier alpha value is -0.450. The average molecular weight is 376 g/mol. The van der Waals surface area contributed by atoms with Gasteiger partial charge in [0.25, 0.3) is 0 Å². The lowest BCUT2D eigenvalue weighted by molar-refractivity contribution is 0.285. The van der Waals surface area contributed by atoms with Crippen LogP contribution in [0.25, 0.3) is 0 Å². The van der Waals surface area contributed by atoms with Gasteiger partial charge in [-0.1, -0.05) is 18.5 Å². The number of hydrogen-bond donors (Lipinski definition) is 1. The second kappa shape index (κ2) is 8.25. The highest BCUT2D eigenvalue weighted by Crippen LogP contribution is 2.37. The Morgan fingerprint density at radius 1 is 1.38 bits per heavy atom. The van der Waals surface area contributed by atoms with Crippen molar-refractivity contribution in [3.8, 4) is 5.75 Å². The third-order valence-electron chi connectivity index (χ3n) is 3.93. The topological polar surface area (TPSA) is 24.5 Å². The van der Waals surface area contributed by atoms with Crippen LogP contribution in [0, 0.1) is 0 Å². The number of benzene rings is 1. The SMILES string of the molecule is CCCN1CCCC(Nc2cc(Cl)cc(Br)c2OC)CC1. The van der Waals surface area contributed by atoms with Gasteiger partial charge in [-0.25, -0.2) is 0 Å². The van der Waals surface area contributed by atoms with Gasteiger partial charge < -0.3 is 15.0 Å². The standard InChI is InChI=1S/C16H24BrClN2O/c1-3-7-20-8-4-5-13(6-9-20)19-15-11-12(18)10-14(17)16(15)21-2/h10-11,13,19H,3-9H2,1-2H3. The number of likely N-dealkylation sites (tertiary alicyclic amines) is 1. The van der Waals surface area contributed by atoms with Gasteiger partial charge in [-0.15, -0.1) is 0 Å². The molecule has 21 heavy (non-hydrogen) atoms. The molecule has 0 amide bonds. The molecule has 1 saturated heterocycles. The van der Waals surface area contributed by atoms with Crippen LogP contribution in [-0.2, 0) is 0 Å². The molecule has 1 fully saturated rings. The van der Waals surface area contributed by atoms with Crippen molar-refractivity contribution in [1.82, 2.24) is 4.90 Å². The second-order valence-electron chi connectivity index (χ2n) is 5.58. The van der Waals surface area contributed by atoms with Gasteiger partial charge in [-0.05, 0) is 66.8 Å². The molecule has 1 N–H and O–H groups in total. The Kier molecular flexibility index (Phi) is 6.65. The molecule has 0 saturated carbocycles. The summed E-state index contributed by atoms with van der Waals surface area (Å²) in [6.07, 6.45) is 4.82. The zero-order valence-electron chi connectivity index (χ0n) is 12.8. The lowest BCUT2D eigenvalue weighted by Crippen LogP contribution is -2.27. The summed E-state index contributed by atoms with van der Waals surface area (Å²) in [7, 11) is 1.69. The van der Waals surface area contributed by atoms with Gasteiger partial charge in [0.2, 0.25) is 0 Å². The van der Waals surface area contributed by atoms with Crippen LogP contribution in [0.15, 0.2) is 16.6 Å². The first-order valence-electron chi connectivity index (χ1n) is 7.66. The fourth-order valence-electron chi connectivity index (χ4n) is 2.93. The number of ether oxygens (including phenoxy) is 1. The van der Waals surface area contributed by atoms with E-state index < -0.39 is 0 Å². The minimum absolute atomic E-state index is 0.478. The van der Waals surface area contributed by atoms with Gasteiger partial charge in [0.15, 0.2) is 5.75 Å². The lowest BCUT2D eigenvalue weighted by Gasteiger charge is -2.21. The van der Waals surface area contributed by atoms with Gasteiger partial charge in [-0.2, -0.15) is 0 Å². The first-order chi connectivity index (χ1) is 10.1. The first-order valence-corrected chi connectivity index (χ1v) is 8.83. The van der Waals surface area contributed by atoms with E-state index in [2.05, 4.69) is 33.1 Å². The van der Waals surface area contributed by atoms with Crippen molar-refractivity contribution in [2.45, 2.75) is 38.6 Å². The summed E-state index contributed by atoms with van der Waals surface area (Å²) in [4.78, 5) is 2.56. The molecule has 3 nitrogen and oxygen atoms in total. The van der Waals surface area contributed by atoms with E-state index in [9.17, 15) is 0 Å². The number of anilines is 1. The van der Waals surface area contributed by atoms with Gasteiger partial charge in [0, 0.05) is 17.6 Å². The molecule has 1 atom stereocenters. The Labute approximate surface area is 141 Å². The molecule has 0 spiro atoms. The molecule has 0 radical (unpaired) electrons. The maximum atomic E-state index is 6.16. The molecule has 0 bridgehead atoms. The third-order valence-corrected chi connectivity index (χ3v) is 4.74. The second-order valence-corrected chi connectivity index (χ2v) is 6.87. The highest BCUT2D eigenvalue weighted by molar-refractivity contribution is 9.10. The molecule has 1 aromatic rings. The quantitative estimate of drug-likeness (QED) is 0.801. The van der Waals surface area contributed by atoms with Crippen molar-refractivity contribution in [1.29, 1.82) is 0 Å². The molecule has 1 unspecified atom stereocenters. The fourth-order valence-corrected chi connectivity index (χ4v) is 3.91. The molecule has 2 rings (SSSR count). The van der Waals surface area contributed by atoms with Crippen molar-refractivity contribution < 1.29 is 4.74 Å². The Bertz CT molecular complexity index is 470. The number of methoxy groups -OCH3 is 1. The average Bonchev–Trinajstić information content (AvgIpc) is 2.65. The van der Waals surface area contributed by atoms with E-state index in [1.807, 2.05) is 12.1 Å². The van der Waals surface area contributed by atoms with Crippen LogP contribution < -0.4 is 10.1 Å². The van der Waals surface area contributed by atoms with Gasteiger partial charge in [-0.3, -0.25) is 0 Å². The van der Waals surface area contributed by atoms with Crippen LogP contribution in [0.4, 0.5) is 5.69 Å². The van der Waals surface area contributed by atoms with Crippen molar-refractivity contribution in [2.75, 3.05) is 32.1 Å². The van der Waals surface area contributed by atoms with E-state index in [4.69, 9.17) is 16.3 Å². The summed E-state index contributed by atoms with van der Waals surface area (Å²) in [5.41, 5.74) is 0.978. The number of nitrogens with zero attached hydrogens (tertiary/aromatic N) is 1. The number of hydrogen-bond acceptors (Lipinski definition) is 3. The normalized spacial score (nSPS) is 20.1. The Morgan fingerprint density at radius 2 is 2.19 bits per heavy atom. The van der Waals surface area contributed by atoms with Crippen molar-refractivity contribution in [2.24, 2.45) is 0 Å². The van der Waals surface area contributed by atoms with E-state index >= 15 is 0 Å². The molecule has 1 aliphatic heterocycles. The third kappa shape index (κ3) is 4.76. The minimum atomic E-state index is 0.478. The van der Waals surface area contributed by atoms with Gasteiger partial charge >= 0.3 is 0 Å². The summed E-state index contributed by atoms with van der Waals surface area (Å²) in [6, 6.07) is 4.28. The monoisotopic (exact) mass is 374 g/mol. The number of halogens is 2. The lowest BCUT2D eigenvalue weighted by atomic mass is 10.1. The largest absolute Gasteiger partial charge is 0.493 e. The highest BCUT2D eigenvalue weighted by Gasteiger charge is 2.18. The highest BCUT2D eigenvalue weighted by atomic mass is 79.9.